The second-order valence-corrected chi connectivity index (χ2v) is 2.52. The molecule has 3 heteroatoms. The Labute approximate surface area is 57.4 Å². The second kappa shape index (κ2) is 2.66. The van der Waals surface area contributed by atoms with Crippen LogP contribution in [-0.4, -0.2) is 5.21 Å². The molecule has 2 N–H and O–H groups in total. The van der Waals surface area contributed by atoms with Crippen LogP contribution in [0.3, 0.4) is 0 Å². The van der Waals surface area contributed by atoms with E-state index in [0.29, 0.717) is 5.70 Å². The van der Waals surface area contributed by atoms with Crippen molar-refractivity contribution in [2.75, 3.05) is 0 Å². The molecule has 1 aromatic heterocycles. The highest BCUT2D eigenvalue weighted by atomic mass is 32.1. The van der Waals surface area contributed by atoms with Crippen molar-refractivity contribution in [1.29, 1.82) is 0 Å². The van der Waals surface area contributed by atoms with Crippen molar-refractivity contribution < 1.29 is 5.21 Å². The first-order valence-corrected chi connectivity index (χ1v) is 3.35. The highest BCUT2D eigenvalue weighted by Gasteiger charge is 1.94. The van der Waals surface area contributed by atoms with Crippen LogP contribution in [0.15, 0.2) is 24.1 Å². The van der Waals surface area contributed by atoms with Gasteiger partial charge >= 0.3 is 0 Å². The Morgan fingerprint density at radius 2 is 2.56 bits per heavy atom. The van der Waals surface area contributed by atoms with E-state index in [2.05, 4.69) is 6.58 Å². The zero-order valence-electron chi connectivity index (χ0n) is 4.79. The summed E-state index contributed by atoms with van der Waals surface area (Å²) in [6.45, 7) is 3.56. The third kappa shape index (κ3) is 1.31. The number of nitrogens with one attached hydrogen (secondary N) is 1. The maximum Gasteiger partial charge on any atom is 0.0702 e. The van der Waals surface area contributed by atoms with E-state index < -0.39 is 0 Å². The van der Waals surface area contributed by atoms with Crippen molar-refractivity contribution in [2.45, 2.75) is 0 Å². The molecule has 0 atom stereocenters. The van der Waals surface area contributed by atoms with Crippen LogP contribution >= 0.6 is 11.3 Å². The Balaban J connectivity index is 2.77. The highest BCUT2D eigenvalue weighted by molar-refractivity contribution is 7.11. The summed E-state index contributed by atoms with van der Waals surface area (Å²) in [6.07, 6.45) is 0. The minimum atomic E-state index is 0.546. The van der Waals surface area contributed by atoms with Crippen molar-refractivity contribution in [3.05, 3.63) is 29.0 Å². The molecule has 0 aliphatic carbocycles. The summed E-state index contributed by atoms with van der Waals surface area (Å²) in [7, 11) is 0. The number of hydrogen-bond acceptors (Lipinski definition) is 3. The van der Waals surface area contributed by atoms with E-state index in [0.717, 1.165) is 4.88 Å². The lowest BCUT2D eigenvalue weighted by Crippen LogP contribution is -2.01. The molecular weight excluding hydrogens is 134 g/mol. The van der Waals surface area contributed by atoms with Crippen LogP contribution in [0.4, 0.5) is 0 Å². The number of thiophene rings is 1. The minimum Gasteiger partial charge on any atom is -0.291 e. The summed E-state index contributed by atoms with van der Waals surface area (Å²) in [5.74, 6) is 0. The van der Waals surface area contributed by atoms with Gasteiger partial charge in [-0.05, 0) is 11.4 Å². The van der Waals surface area contributed by atoms with E-state index in [-0.39, 0.29) is 0 Å². The molecule has 0 aliphatic rings. The fourth-order valence-corrected chi connectivity index (χ4v) is 1.15. The molecule has 0 saturated heterocycles. The van der Waals surface area contributed by atoms with Gasteiger partial charge in [0.2, 0.25) is 0 Å². The molecule has 0 spiro atoms. The zero-order valence-corrected chi connectivity index (χ0v) is 5.61. The quantitative estimate of drug-likeness (QED) is 0.614. The van der Waals surface area contributed by atoms with Gasteiger partial charge in [-0.3, -0.25) is 10.7 Å². The summed E-state index contributed by atoms with van der Waals surface area (Å²) in [4.78, 5) is 0.956. The summed E-state index contributed by atoms with van der Waals surface area (Å²) >= 11 is 1.53. The standard InChI is InChI=1S/C6H7NOS/c1-5(7-8)6-3-2-4-9-6/h2-4,7-8H,1H2. The molecule has 0 aromatic carbocycles. The summed E-state index contributed by atoms with van der Waals surface area (Å²) in [5.41, 5.74) is 2.53. The van der Waals surface area contributed by atoms with Crippen molar-refractivity contribution >= 4 is 17.0 Å². The van der Waals surface area contributed by atoms with Crippen molar-refractivity contribution in [1.82, 2.24) is 5.48 Å². The van der Waals surface area contributed by atoms with Gasteiger partial charge in [0.25, 0.3) is 0 Å². The van der Waals surface area contributed by atoms with Crippen LogP contribution in [-0.2, 0) is 0 Å². The lowest BCUT2D eigenvalue weighted by molar-refractivity contribution is 0.225. The van der Waals surface area contributed by atoms with Gasteiger partial charge in [-0.1, -0.05) is 12.6 Å². The Hall–Kier alpha value is -0.800. The molecular formula is C6H7NOS. The molecule has 0 amide bonds. The summed E-state index contributed by atoms with van der Waals surface area (Å²) < 4.78 is 0. The molecule has 1 aromatic rings. The third-order valence-electron chi connectivity index (χ3n) is 0.954. The molecule has 0 saturated carbocycles. The Morgan fingerprint density at radius 1 is 1.78 bits per heavy atom. The van der Waals surface area contributed by atoms with Crippen LogP contribution in [0.25, 0.3) is 5.70 Å². The molecule has 2 nitrogen and oxygen atoms in total. The predicted molar refractivity (Wildman–Crippen MR) is 38.3 cm³/mol. The van der Waals surface area contributed by atoms with Crippen LogP contribution in [0.1, 0.15) is 4.88 Å². The molecule has 0 unspecified atom stereocenters. The van der Waals surface area contributed by atoms with Gasteiger partial charge < -0.3 is 0 Å². The van der Waals surface area contributed by atoms with Gasteiger partial charge in [0.15, 0.2) is 0 Å². The average Bonchev–Trinajstić information content (AvgIpc) is 2.37. The van der Waals surface area contributed by atoms with Gasteiger partial charge in [0.05, 0.1) is 10.6 Å². The van der Waals surface area contributed by atoms with E-state index in [9.17, 15) is 0 Å². The predicted octanol–water partition coefficient (Wildman–Crippen LogP) is 1.70. The fourth-order valence-electron chi connectivity index (χ4n) is 0.505. The van der Waals surface area contributed by atoms with Gasteiger partial charge in [-0.25, -0.2) is 0 Å². The van der Waals surface area contributed by atoms with Crippen LogP contribution in [0.5, 0.6) is 0 Å². The Morgan fingerprint density at radius 3 is 3.00 bits per heavy atom. The van der Waals surface area contributed by atoms with Crippen molar-refractivity contribution in [3.63, 3.8) is 0 Å². The Bertz CT molecular complexity index is 193. The third-order valence-corrected chi connectivity index (χ3v) is 1.88. The normalized spacial score (nSPS) is 9.00. The molecule has 1 heterocycles. The first-order chi connectivity index (χ1) is 4.34. The first-order valence-electron chi connectivity index (χ1n) is 2.47. The lowest BCUT2D eigenvalue weighted by atomic mass is 10.4. The number of rotatable bonds is 2. The largest absolute Gasteiger partial charge is 0.291 e. The molecule has 0 fully saturated rings. The summed E-state index contributed by atoms with van der Waals surface area (Å²) in [5, 5.41) is 10.3. The van der Waals surface area contributed by atoms with Gasteiger partial charge in [-0.15, -0.1) is 11.3 Å². The topological polar surface area (TPSA) is 32.3 Å². The molecule has 0 bridgehead atoms. The molecule has 0 radical (unpaired) electrons. The molecule has 9 heavy (non-hydrogen) atoms. The highest BCUT2D eigenvalue weighted by Crippen LogP contribution is 2.14. The van der Waals surface area contributed by atoms with Gasteiger partial charge in [0, 0.05) is 0 Å². The maximum absolute atomic E-state index is 8.36. The minimum absolute atomic E-state index is 0.546. The van der Waals surface area contributed by atoms with Crippen LogP contribution in [0.2, 0.25) is 0 Å². The SMILES string of the molecule is C=C(NO)c1cccs1. The average molecular weight is 141 g/mol. The van der Waals surface area contributed by atoms with E-state index in [4.69, 9.17) is 5.21 Å². The van der Waals surface area contributed by atoms with Crippen molar-refractivity contribution in [2.24, 2.45) is 0 Å². The van der Waals surface area contributed by atoms with Gasteiger partial charge in [-0.2, -0.15) is 0 Å². The number of hydroxylamine groups is 1. The van der Waals surface area contributed by atoms with E-state index in [1.54, 1.807) is 0 Å². The molecule has 48 valence electrons. The van der Waals surface area contributed by atoms with E-state index in [1.165, 1.54) is 11.3 Å². The smallest absolute Gasteiger partial charge is 0.0702 e. The van der Waals surface area contributed by atoms with E-state index in [1.807, 2.05) is 23.0 Å². The molecule has 1 rings (SSSR count). The Kier molecular flexibility index (Phi) is 1.87. The summed E-state index contributed by atoms with van der Waals surface area (Å²) in [6, 6.07) is 3.79. The maximum atomic E-state index is 8.36. The van der Waals surface area contributed by atoms with Crippen LogP contribution < -0.4 is 5.48 Å². The lowest BCUT2D eigenvalue weighted by Gasteiger charge is -1.96. The zero-order chi connectivity index (χ0) is 6.69. The van der Waals surface area contributed by atoms with Crippen LogP contribution in [0, 0.1) is 0 Å². The van der Waals surface area contributed by atoms with Gasteiger partial charge in [0.1, 0.15) is 0 Å². The molecule has 0 aliphatic heterocycles. The monoisotopic (exact) mass is 141 g/mol. The number of hydrogen-bond donors (Lipinski definition) is 2. The van der Waals surface area contributed by atoms with E-state index >= 15 is 0 Å². The second-order valence-electron chi connectivity index (χ2n) is 1.57. The first kappa shape index (κ1) is 6.32. The van der Waals surface area contributed by atoms with Crippen molar-refractivity contribution in [3.8, 4) is 0 Å². The fraction of sp³-hybridized carbons (Fsp3) is 0.